The molecular weight excluding hydrogens is 228 g/mol. The van der Waals surface area contributed by atoms with Gasteiger partial charge in [-0.1, -0.05) is 0 Å². The molecule has 4 nitrogen and oxygen atoms in total. The van der Waals surface area contributed by atoms with Gasteiger partial charge in [-0.2, -0.15) is 0 Å². The SMILES string of the molecule is CC(C)(C)OC(=O)N1C2(C)CCC1(C)CC(N)C2. The quantitative estimate of drug-likeness (QED) is 0.723. The van der Waals surface area contributed by atoms with E-state index >= 15 is 0 Å². The fraction of sp³-hybridized carbons (Fsp3) is 0.929. The molecule has 0 aromatic carbocycles. The van der Waals surface area contributed by atoms with E-state index in [1.165, 1.54) is 0 Å². The Balaban J connectivity index is 2.25. The molecular formula is C14H26N2O2. The molecule has 2 saturated heterocycles. The summed E-state index contributed by atoms with van der Waals surface area (Å²) in [4.78, 5) is 14.4. The van der Waals surface area contributed by atoms with Crippen LogP contribution in [-0.2, 0) is 4.74 Å². The Morgan fingerprint density at radius 1 is 1.22 bits per heavy atom. The molecule has 0 aromatic heterocycles. The monoisotopic (exact) mass is 254 g/mol. The number of nitrogens with two attached hydrogens (primary N) is 1. The highest BCUT2D eigenvalue weighted by molar-refractivity contribution is 5.71. The second-order valence-corrected chi connectivity index (χ2v) is 7.48. The third-order valence-electron chi connectivity index (χ3n) is 4.26. The third kappa shape index (κ3) is 2.22. The molecule has 104 valence electrons. The summed E-state index contributed by atoms with van der Waals surface area (Å²) in [7, 11) is 0. The molecule has 2 unspecified atom stereocenters. The van der Waals surface area contributed by atoms with E-state index in [4.69, 9.17) is 10.5 Å². The Bertz CT molecular complexity index is 343. The molecule has 18 heavy (non-hydrogen) atoms. The zero-order chi connectivity index (χ0) is 13.8. The lowest BCUT2D eigenvalue weighted by Gasteiger charge is -2.50. The molecule has 2 aliphatic heterocycles. The first-order valence-corrected chi connectivity index (χ1v) is 6.85. The van der Waals surface area contributed by atoms with Crippen LogP contribution < -0.4 is 5.73 Å². The van der Waals surface area contributed by atoms with E-state index in [0.29, 0.717) is 0 Å². The Morgan fingerprint density at radius 3 is 2.06 bits per heavy atom. The van der Waals surface area contributed by atoms with Gasteiger partial charge >= 0.3 is 6.09 Å². The molecule has 2 heterocycles. The highest BCUT2D eigenvalue weighted by Crippen LogP contribution is 2.50. The number of hydrogen-bond donors (Lipinski definition) is 1. The van der Waals surface area contributed by atoms with Crippen molar-refractivity contribution in [1.82, 2.24) is 4.90 Å². The van der Waals surface area contributed by atoms with Crippen LogP contribution in [0.4, 0.5) is 4.79 Å². The average molecular weight is 254 g/mol. The number of amides is 1. The van der Waals surface area contributed by atoms with Gasteiger partial charge in [-0.05, 0) is 60.3 Å². The topological polar surface area (TPSA) is 55.6 Å². The van der Waals surface area contributed by atoms with Crippen molar-refractivity contribution in [3.63, 3.8) is 0 Å². The molecule has 2 N–H and O–H groups in total. The first-order chi connectivity index (χ1) is 8.06. The summed E-state index contributed by atoms with van der Waals surface area (Å²) in [6.07, 6.45) is 3.62. The van der Waals surface area contributed by atoms with Crippen molar-refractivity contribution >= 4 is 6.09 Å². The molecule has 0 aromatic rings. The van der Waals surface area contributed by atoms with Crippen LogP contribution in [0, 0.1) is 0 Å². The van der Waals surface area contributed by atoms with Crippen molar-refractivity contribution < 1.29 is 9.53 Å². The summed E-state index contributed by atoms with van der Waals surface area (Å²) in [6, 6.07) is 0.196. The van der Waals surface area contributed by atoms with Crippen LogP contribution in [0.15, 0.2) is 0 Å². The predicted molar refractivity (Wildman–Crippen MR) is 71.3 cm³/mol. The van der Waals surface area contributed by atoms with Crippen molar-refractivity contribution in [2.45, 2.75) is 83.0 Å². The Labute approximate surface area is 110 Å². The van der Waals surface area contributed by atoms with Gasteiger partial charge in [-0.25, -0.2) is 4.79 Å². The van der Waals surface area contributed by atoms with Gasteiger partial charge in [0.1, 0.15) is 5.60 Å². The van der Waals surface area contributed by atoms with Crippen molar-refractivity contribution in [2.75, 3.05) is 0 Å². The lowest BCUT2D eigenvalue weighted by molar-refractivity contribution is -0.0353. The third-order valence-corrected chi connectivity index (χ3v) is 4.26. The summed E-state index contributed by atoms with van der Waals surface area (Å²) >= 11 is 0. The number of ether oxygens (including phenoxy) is 1. The lowest BCUT2D eigenvalue weighted by Crippen LogP contribution is -2.62. The van der Waals surface area contributed by atoms with E-state index < -0.39 is 5.60 Å². The highest BCUT2D eigenvalue weighted by Gasteiger charge is 2.57. The molecule has 0 aliphatic carbocycles. The predicted octanol–water partition coefficient (Wildman–Crippen LogP) is 2.66. The first-order valence-electron chi connectivity index (χ1n) is 6.85. The zero-order valence-electron chi connectivity index (χ0n) is 12.2. The maximum Gasteiger partial charge on any atom is 0.411 e. The van der Waals surface area contributed by atoms with E-state index in [-0.39, 0.29) is 23.2 Å². The number of carbonyl (C=O) groups is 1. The van der Waals surface area contributed by atoms with Crippen molar-refractivity contribution in [2.24, 2.45) is 5.73 Å². The Morgan fingerprint density at radius 2 is 1.67 bits per heavy atom. The van der Waals surface area contributed by atoms with Gasteiger partial charge in [-0.15, -0.1) is 0 Å². The van der Waals surface area contributed by atoms with Crippen LogP contribution in [-0.4, -0.2) is 33.7 Å². The first kappa shape index (κ1) is 13.7. The maximum atomic E-state index is 12.5. The summed E-state index contributed by atoms with van der Waals surface area (Å²) in [6.45, 7) is 10.0. The van der Waals surface area contributed by atoms with Crippen LogP contribution in [0.2, 0.25) is 0 Å². The number of carbonyl (C=O) groups excluding carboxylic acids is 1. The molecule has 2 aliphatic rings. The second-order valence-electron chi connectivity index (χ2n) is 7.48. The summed E-state index contributed by atoms with van der Waals surface area (Å²) < 4.78 is 5.57. The van der Waals surface area contributed by atoms with Crippen LogP contribution in [0.5, 0.6) is 0 Å². The number of piperidine rings is 1. The standard InChI is InChI=1S/C14H26N2O2/c1-12(2,3)18-11(17)16-13(4)6-7-14(16,5)9-10(15)8-13/h10H,6-9,15H2,1-5H3. The fourth-order valence-electron chi connectivity index (χ4n) is 3.75. The smallest absolute Gasteiger partial charge is 0.411 e. The summed E-state index contributed by atoms with van der Waals surface area (Å²) in [5, 5.41) is 0. The van der Waals surface area contributed by atoms with E-state index in [1.54, 1.807) is 0 Å². The second kappa shape index (κ2) is 3.86. The van der Waals surface area contributed by atoms with Crippen LogP contribution >= 0.6 is 0 Å². The van der Waals surface area contributed by atoms with Crippen LogP contribution in [0.25, 0.3) is 0 Å². The fourth-order valence-corrected chi connectivity index (χ4v) is 3.75. The summed E-state index contributed by atoms with van der Waals surface area (Å²) in [5.41, 5.74) is 5.43. The van der Waals surface area contributed by atoms with Crippen LogP contribution in [0.3, 0.4) is 0 Å². The molecule has 1 amide bonds. The van der Waals surface area contributed by atoms with Gasteiger partial charge in [0.15, 0.2) is 0 Å². The van der Waals surface area contributed by atoms with Crippen molar-refractivity contribution in [3.8, 4) is 0 Å². The van der Waals surface area contributed by atoms with Gasteiger partial charge in [0.05, 0.1) is 0 Å². The normalized spacial score (nSPS) is 39.9. The molecule has 0 spiro atoms. The average Bonchev–Trinajstić information content (AvgIpc) is 2.27. The lowest BCUT2D eigenvalue weighted by atomic mass is 9.83. The van der Waals surface area contributed by atoms with E-state index in [1.807, 2.05) is 25.7 Å². The number of rotatable bonds is 0. The molecule has 4 heteroatoms. The maximum absolute atomic E-state index is 12.5. The minimum Gasteiger partial charge on any atom is -0.444 e. The van der Waals surface area contributed by atoms with Gasteiger partial charge < -0.3 is 10.5 Å². The minimum atomic E-state index is -0.442. The number of hydrogen-bond acceptors (Lipinski definition) is 3. The van der Waals surface area contributed by atoms with E-state index in [9.17, 15) is 4.79 Å². The zero-order valence-corrected chi connectivity index (χ0v) is 12.2. The largest absolute Gasteiger partial charge is 0.444 e. The molecule has 0 saturated carbocycles. The molecule has 2 atom stereocenters. The van der Waals surface area contributed by atoms with Crippen LogP contribution in [0.1, 0.15) is 60.3 Å². The Kier molecular flexibility index (Phi) is 2.93. The molecule has 2 bridgehead atoms. The Hall–Kier alpha value is -0.770. The molecule has 2 rings (SSSR count). The molecule has 2 fully saturated rings. The van der Waals surface area contributed by atoms with Crippen molar-refractivity contribution in [3.05, 3.63) is 0 Å². The van der Waals surface area contributed by atoms with Gasteiger partial charge in [0, 0.05) is 17.1 Å². The van der Waals surface area contributed by atoms with E-state index in [2.05, 4.69) is 13.8 Å². The number of nitrogens with zero attached hydrogens (tertiary/aromatic N) is 1. The highest BCUT2D eigenvalue weighted by atomic mass is 16.6. The van der Waals surface area contributed by atoms with Gasteiger partial charge in [0.2, 0.25) is 0 Å². The van der Waals surface area contributed by atoms with E-state index in [0.717, 1.165) is 25.7 Å². The summed E-state index contributed by atoms with van der Waals surface area (Å²) in [5.74, 6) is 0. The number of fused-ring (bicyclic) bond motifs is 2. The minimum absolute atomic E-state index is 0.130. The molecule has 0 radical (unpaired) electrons. The van der Waals surface area contributed by atoms with Gasteiger partial charge in [-0.3, -0.25) is 4.90 Å². The van der Waals surface area contributed by atoms with Crippen molar-refractivity contribution in [1.29, 1.82) is 0 Å². The van der Waals surface area contributed by atoms with Gasteiger partial charge in [0.25, 0.3) is 0 Å².